The van der Waals surface area contributed by atoms with Crippen molar-refractivity contribution < 1.29 is 24.2 Å². The molecule has 5 rings (SSSR count). The Morgan fingerprint density at radius 3 is 2.51 bits per heavy atom. The number of hydrogen-bond acceptors (Lipinski definition) is 6. The minimum atomic E-state index is -0.849. The summed E-state index contributed by atoms with van der Waals surface area (Å²) in [5.74, 6) is -2.12. The molecule has 0 aliphatic carbocycles. The topological polar surface area (TPSA) is 87.2 Å². The molecular weight excluding hydrogens is 560 g/mol. The first-order valence-corrected chi connectivity index (χ1v) is 16.1. The molecule has 0 aromatic heterocycles. The Labute approximate surface area is 259 Å². The summed E-state index contributed by atoms with van der Waals surface area (Å²) in [5.41, 5.74) is 3.67. The first-order chi connectivity index (χ1) is 20.8. The Morgan fingerprint density at radius 2 is 1.86 bits per heavy atom. The average molecular weight is 603 g/mol. The number of para-hydroxylation sites is 1. The molecule has 3 heterocycles. The van der Waals surface area contributed by atoms with Gasteiger partial charge in [0.15, 0.2) is 0 Å². The molecule has 3 fully saturated rings. The van der Waals surface area contributed by atoms with Gasteiger partial charge in [-0.3, -0.25) is 14.4 Å². The average Bonchev–Trinajstić information content (AvgIpc) is 3.65. The Hall–Kier alpha value is -3.36. The van der Waals surface area contributed by atoms with Crippen LogP contribution in [0.2, 0.25) is 0 Å². The number of amides is 2. The normalized spacial score (nSPS) is 26.2. The number of fused-ring (bicyclic) bond motifs is 1. The molecule has 3 saturated heterocycles. The molecule has 2 aromatic carbocycles. The van der Waals surface area contributed by atoms with Crippen molar-refractivity contribution in [1.82, 2.24) is 4.90 Å². The number of aliphatic hydroxyl groups is 1. The Morgan fingerprint density at radius 1 is 1.14 bits per heavy atom. The largest absolute Gasteiger partial charge is 0.465 e. The zero-order valence-corrected chi connectivity index (χ0v) is 25.9. The molecule has 2 bridgehead atoms. The molecule has 0 saturated carbocycles. The summed E-state index contributed by atoms with van der Waals surface area (Å²) < 4.78 is 4.92. The number of rotatable bonds is 13. The number of esters is 1. The second kappa shape index (κ2) is 13.1. The molecule has 228 valence electrons. The molecular formula is C35H42N2O5S. The smallest absolute Gasteiger partial charge is 0.310 e. The number of aryl methyl sites for hydroxylation is 2. The van der Waals surface area contributed by atoms with E-state index in [4.69, 9.17) is 4.74 Å². The first kappa shape index (κ1) is 31.1. The van der Waals surface area contributed by atoms with Gasteiger partial charge in [0.1, 0.15) is 6.04 Å². The lowest BCUT2D eigenvalue weighted by Gasteiger charge is -2.40. The zero-order valence-electron chi connectivity index (χ0n) is 25.1. The number of carbonyl (C=O) groups is 3. The third-order valence-electron chi connectivity index (χ3n) is 9.25. The molecule has 2 amide bonds. The molecule has 1 N–H and O–H groups in total. The van der Waals surface area contributed by atoms with Gasteiger partial charge in [0, 0.05) is 17.5 Å². The van der Waals surface area contributed by atoms with Crippen LogP contribution in [0, 0.1) is 25.7 Å². The molecule has 0 radical (unpaired) electrons. The number of benzene rings is 2. The fraction of sp³-hybridized carbons (Fsp3) is 0.457. The van der Waals surface area contributed by atoms with Gasteiger partial charge in [-0.2, -0.15) is 0 Å². The number of likely N-dealkylation sites (tertiary alicyclic amines) is 1. The van der Waals surface area contributed by atoms with E-state index in [1.165, 1.54) is 0 Å². The first-order valence-electron chi connectivity index (χ1n) is 15.2. The number of hydrogen-bond donors (Lipinski definition) is 1. The summed E-state index contributed by atoms with van der Waals surface area (Å²) in [6.45, 7) is 11.9. The zero-order chi connectivity index (χ0) is 30.7. The predicted octanol–water partition coefficient (Wildman–Crippen LogP) is 5.03. The van der Waals surface area contributed by atoms with Crippen LogP contribution >= 0.6 is 11.8 Å². The van der Waals surface area contributed by atoms with Gasteiger partial charge in [0.2, 0.25) is 5.91 Å². The van der Waals surface area contributed by atoms with E-state index < -0.39 is 28.7 Å². The molecule has 1 spiro atoms. The summed E-state index contributed by atoms with van der Waals surface area (Å²) in [6.07, 6.45) is 6.67. The van der Waals surface area contributed by atoms with Crippen LogP contribution in [0.4, 0.5) is 5.69 Å². The van der Waals surface area contributed by atoms with Gasteiger partial charge in [-0.15, -0.1) is 24.9 Å². The lowest BCUT2D eigenvalue weighted by Crippen LogP contribution is -2.58. The summed E-state index contributed by atoms with van der Waals surface area (Å²) >= 11 is 1.61. The van der Waals surface area contributed by atoms with E-state index >= 15 is 0 Å². The molecule has 2 unspecified atom stereocenters. The van der Waals surface area contributed by atoms with Crippen LogP contribution in [0.5, 0.6) is 0 Å². The fourth-order valence-corrected chi connectivity index (χ4v) is 9.65. The number of unbranched alkanes of at least 4 members (excludes halogenated alkanes) is 1. The number of ether oxygens (including phenoxy) is 1. The maximum atomic E-state index is 15.0. The van der Waals surface area contributed by atoms with Crippen LogP contribution < -0.4 is 4.90 Å². The molecule has 3 aliphatic heterocycles. The van der Waals surface area contributed by atoms with E-state index in [9.17, 15) is 19.5 Å². The van der Waals surface area contributed by atoms with Gasteiger partial charge in [-0.25, -0.2) is 0 Å². The van der Waals surface area contributed by atoms with Crippen LogP contribution in [-0.4, -0.2) is 69.6 Å². The SMILES string of the molecule is C=CCCCOC(=O)[C@@H]1[C@@H]2CCC3(S2)C(C(=O)N(CC=C)c2c(C)cccc2C)N([C@@H](CO)Cc2ccccc2)C(=O)[C@H]13. The van der Waals surface area contributed by atoms with E-state index in [0.717, 1.165) is 35.2 Å². The second-order valence-corrected chi connectivity index (χ2v) is 13.5. The number of carbonyl (C=O) groups excluding carboxylic acids is 3. The summed E-state index contributed by atoms with van der Waals surface area (Å²) in [7, 11) is 0. The van der Waals surface area contributed by atoms with E-state index in [1.54, 1.807) is 33.7 Å². The third-order valence-corrected chi connectivity index (χ3v) is 11.2. The Balaban J connectivity index is 1.58. The van der Waals surface area contributed by atoms with Gasteiger partial charge in [0.05, 0.1) is 35.8 Å². The van der Waals surface area contributed by atoms with E-state index in [2.05, 4.69) is 13.2 Å². The van der Waals surface area contributed by atoms with Crippen molar-refractivity contribution in [1.29, 1.82) is 0 Å². The monoisotopic (exact) mass is 602 g/mol. The third kappa shape index (κ3) is 5.55. The minimum absolute atomic E-state index is 0.0898. The molecule has 3 aliphatic rings. The van der Waals surface area contributed by atoms with Crippen molar-refractivity contribution in [3.8, 4) is 0 Å². The second-order valence-electron chi connectivity index (χ2n) is 11.9. The van der Waals surface area contributed by atoms with Gasteiger partial charge in [0.25, 0.3) is 5.91 Å². The van der Waals surface area contributed by atoms with Gasteiger partial charge in [-0.1, -0.05) is 60.7 Å². The Kier molecular flexibility index (Phi) is 9.47. The molecule has 7 nitrogen and oxygen atoms in total. The predicted molar refractivity (Wildman–Crippen MR) is 171 cm³/mol. The van der Waals surface area contributed by atoms with Crippen LogP contribution in [0.1, 0.15) is 42.4 Å². The van der Waals surface area contributed by atoms with Gasteiger partial charge < -0.3 is 19.6 Å². The van der Waals surface area contributed by atoms with Crippen molar-refractivity contribution in [2.24, 2.45) is 11.8 Å². The maximum Gasteiger partial charge on any atom is 0.310 e. The van der Waals surface area contributed by atoms with Crippen molar-refractivity contribution in [3.63, 3.8) is 0 Å². The quantitative estimate of drug-likeness (QED) is 0.197. The van der Waals surface area contributed by atoms with Gasteiger partial charge in [-0.05, 0) is 62.6 Å². The Bertz CT molecular complexity index is 1360. The summed E-state index contributed by atoms with van der Waals surface area (Å²) in [6, 6.07) is 14.1. The summed E-state index contributed by atoms with van der Waals surface area (Å²) in [5, 5.41) is 10.7. The highest BCUT2D eigenvalue weighted by Crippen LogP contribution is 2.67. The molecule has 43 heavy (non-hydrogen) atoms. The molecule has 6 atom stereocenters. The van der Waals surface area contributed by atoms with E-state index in [1.807, 2.05) is 62.4 Å². The highest BCUT2D eigenvalue weighted by atomic mass is 32.2. The number of aliphatic hydroxyl groups excluding tert-OH is 1. The van der Waals surface area contributed by atoms with Crippen molar-refractivity contribution >= 4 is 35.2 Å². The van der Waals surface area contributed by atoms with E-state index in [-0.39, 0.29) is 42.8 Å². The number of anilines is 1. The van der Waals surface area contributed by atoms with Crippen LogP contribution in [0.15, 0.2) is 73.8 Å². The number of nitrogens with zero attached hydrogens (tertiary/aromatic N) is 2. The van der Waals surface area contributed by atoms with Crippen LogP contribution in [-0.2, 0) is 25.5 Å². The fourth-order valence-electron chi connectivity index (χ4n) is 7.46. The lowest BCUT2D eigenvalue weighted by molar-refractivity contribution is -0.154. The van der Waals surface area contributed by atoms with E-state index in [0.29, 0.717) is 19.3 Å². The van der Waals surface area contributed by atoms with Crippen molar-refractivity contribution in [3.05, 3.63) is 90.5 Å². The standard InChI is InChI=1S/C35H42N2O5S/c1-5-7-11-20-42-34(41)28-27-17-18-35(43-27)29(28)32(39)37(26(22-38)21-25-15-9-8-10-16-25)31(35)33(40)36(19-6-2)30-23(3)13-12-14-24(30)4/h5-6,8-10,12-16,26-29,31,38H,1-2,7,11,17-22H2,3-4H3/t26-,27+,28-,29+,31?,35?/m1/s1. The lowest BCUT2D eigenvalue weighted by atomic mass is 9.71. The minimum Gasteiger partial charge on any atom is -0.465 e. The van der Waals surface area contributed by atoms with Crippen LogP contribution in [0.3, 0.4) is 0 Å². The maximum absolute atomic E-state index is 15.0. The summed E-state index contributed by atoms with van der Waals surface area (Å²) in [4.78, 5) is 46.5. The van der Waals surface area contributed by atoms with Gasteiger partial charge >= 0.3 is 5.97 Å². The van der Waals surface area contributed by atoms with Crippen molar-refractivity contribution in [2.75, 3.05) is 24.7 Å². The highest BCUT2D eigenvalue weighted by Gasteiger charge is 2.74. The van der Waals surface area contributed by atoms with Crippen LogP contribution in [0.25, 0.3) is 0 Å². The van der Waals surface area contributed by atoms with Crippen molar-refractivity contribution in [2.45, 2.75) is 68.0 Å². The number of thioether (sulfide) groups is 1. The highest BCUT2D eigenvalue weighted by molar-refractivity contribution is 8.02. The number of allylic oxidation sites excluding steroid dienone is 1. The molecule has 2 aromatic rings. The molecule has 8 heteroatoms.